The Labute approximate surface area is 89.6 Å². The van der Waals surface area contributed by atoms with Crippen LogP contribution in [0.2, 0.25) is 0 Å². The lowest BCUT2D eigenvalue weighted by molar-refractivity contribution is 1.08. The Kier molecular flexibility index (Phi) is 2.46. The smallest absolute Gasteiger partial charge is 0.0734 e. The lowest BCUT2D eigenvalue weighted by Gasteiger charge is -2.08. The van der Waals surface area contributed by atoms with E-state index in [1.54, 1.807) is 0 Å². The molecule has 1 nitrogen and oxygen atoms in total. The summed E-state index contributed by atoms with van der Waals surface area (Å²) in [6.07, 6.45) is 2.85. The van der Waals surface area contributed by atoms with Gasteiger partial charge in [-0.3, -0.25) is 4.98 Å². The van der Waals surface area contributed by atoms with E-state index in [-0.39, 0.29) is 0 Å². The second kappa shape index (κ2) is 3.62. The van der Waals surface area contributed by atoms with Crippen LogP contribution in [0.15, 0.2) is 29.3 Å². The number of fused-ring (bicyclic) bond motifs is 1. The summed E-state index contributed by atoms with van der Waals surface area (Å²) in [7, 11) is 0. The van der Waals surface area contributed by atoms with E-state index in [0.717, 1.165) is 16.8 Å². The fourth-order valence-corrected chi connectivity index (χ4v) is 2.12. The average molecular weight is 203 g/mol. The molecule has 0 amide bonds. The zero-order chi connectivity index (χ0) is 10.1. The van der Waals surface area contributed by atoms with Gasteiger partial charge in [-0.25, -0.2) is 0 Å². The molecule has 1 aromatic heterocycles. The number of nitrogens with zero attached hydrogens (tertiary/aromatic N) is 1. The molecule has 0 unspecified atom stereocenters. The topological polar surface area (TPSA) is 12.9 Å². The second-order valence-electron chi connectivity index (χ2n) is 3.45. The molecule has 0 aliphatic heterocycles. The molecule has 0 fully saturated rings. The summed E-state index contributed by atoms with van der Waals surface area (Å²) in [5.41, 5.74) is 3.62. The lowest BCUT2D eigenvalue weighted by atomic mass is 10.0. The zero-order valence-corrected chi connectivity index (χ0v) is 9.31. The predicted molar refractivity (Wildman–Crippen MR) is 63.1 cm³/mol. The van der Waals surface area contributed by atoms with Crippen LogP contribution in [0.3, 0.4) is 0 Å². The molecule has 0 aliphatic rings. The number of aromatic nitrogens is 1. The summed E-state index contributed by atoms with van der Waals surface area (Å²) in [6.45, 7) is 4.24. The third kappa shape index (κ3) is 1.40. The Morgan fingerprint density at radius 1 is 1.36 bits per heavy atom. The molecule has 2 rings (SSSR count). The lowest BCUT2D eigenvalue weighted by Crippen LogP contribution is -1.91. The van der Waals surface area contributed by atoms with E-state index in [4.69, 9.17) is 0 Å². The quantitative estimate of drug-likeness (QED) is 0.701. The van der Waals surface area contributed by atoms with Crippen LogP contribution in [0.1, 0.15) is 18.1 Å². The van der Waals surface area contributed by atoms with Crippen LogP contribution in [-0.2, 0) is 6.42 Å². The minimum atomic E-state index is 0.991. The molecule has 0 saturated carbocycles. The van der Waals surface area contributed by atoms with Crippen molar-refractivity contribution >= 4 is 23.5 Å². The van der Waals surface area contributed by atoms with Crippen molar-refractivity contribution in [2.75, 3.05) is 0 Å². The van der Waals surface area contributed by atoms with Crippen LogP contribution in [0.4, 0.5) is 0 Å². The van der Waals surface area contributed by atoms with Crippen molar-refractivity contribution in [3.63, 3.8) is 0 Å². The normalized spacial score (nSPS) is 10.8. The van der Waals surface area contributed by atoms with Gasteiger partial charge in [-0.2, -0.15) is 0 Å². The summed E-state index contributed by atoms with van der Waals surface area (Å²) < 4.78 is 0. The maximum Gasteiger partial charge on any atom is 0.0734 e. The number of benzene rings is 1. The van der Waals surface area contributed by atoms with E-state index in [1.165, 1.54) is 16.5 Å². The minimum absolute atomic E-state index is 0.991. The first kappa shape index (κ1) is 9.53. The number of hydrogen-bond donors (Lipinski definition) is 1. The predicted octanol–water partition coefficient (Wildman–Crippen LogP) is 3.39. The van der Waals surface area contributed by atoms with Gasteiger partial charge in [0.2, 0.25) is 0 Å². The first-order chi connectivity index (χ1) is 6.74. The summed E-state index contributed by atoms with van der Waals surface area (Å²) >= 11 is 4.43. The molecule has 0 N–H and O–H groups in total. The molecule has 14 heavy (non-hydrogen) atoms. The van der Waals surface area contributed by atoms with Crippen LogP contribution >= 0.6 is 12.6 Å². The molecule has 0 radical (unpaired) electrons. The van der Waals surface area contributed by atoms with Crippen molar-refractivity contribution in [3.05, 3.63) is 35.5 Å². The third-order valence-electron chi connectivity index (χ3n) is 2.54. The summed E-state index contributed by atoms with van der Waals surface area (Å²) in [5.74, 6) is 0. The number of rotatable bonds is 1. The van der Waals surface area contributed by atoms with Gasteiger partial charge in [0.05, 0.1) is 5.52 Å². The van der Waals surface area contributed by atoms with E-state index in [2.05, 4.69) is 49.7 Å². The molecule has 0 bridgehead atoms. The van der Waals surface area contributed by atoms with Gasteiger partial charge in [0.25, 0.3) is 0 Å². The van der Waals surface area contributed by atoms with Gasteiger partial charge >= 0.3 is 0 Å². The van der Waals surface area contributed by atoms with Gasteiger partial charge in [-0.15, -0.1) is 12.6 Å². The molecule has 72 valence electrons. The van der Waals surface area contributed by atoms with E-state index >= 15 is 0 Å². The number of thiol groups is 1. The highest BCUT2D eigenvalue weighted by Gasteiger charge is 2.05. The van der Waals surface area contributed by atoms with E-state index in [9.17, 15) is 0 Å². The molecular formula is C12H13NS. The standard InChI is InChI=1S/C12H13NS/c1-3-9-10-6-4-5-8(2)12(10)13-7-11(9)14/h4-7,14H,3H2,1-2H3. The van der Waals surface area contributed by atoms with Crippen LogP contribution in [0.25, 0.3) is 10.9 Å². The first-order valence-corrected chi connectivity index (χ1v) is 5.25. The van der Waals surface area contributed by atoms with Crippen molar-refractivity contribution in [2.45, 2.75) is 25.2 Å². The summed E-state index contributed by atoms with van der Waals surface area (Å²) in [4.78, 5) is 5.40. The van der Waals surface area contributed by atoms with Gasteiger partial charge in [0, 0.05) is 16.5 Å². The first-order valence-electron chi connectivity index (χ1n) is 4.80. The van der Waals surface area contributed by atoms with Crippen LogP contribution < -0.4 is 0 Å². The number of aryl methyl sites for hydroxylation is 2. The SMILES string of the molecule is CCc1c(S)cnc2c(C)cccc12. The molecule has 0 aliphatic carbocycles. The maximum absolute atomic E-state index is 4.43. The van der Waals surface area contributed by atoms with Crippen molar-refractivity contribution < 1.29 is 0 Å². The molecular weight excluding hydrogens is 190 g/mol. The Hall–Kier alpha value is -1.02. The highest BCUT2D eigenvalue weighted by Crippen LogP contribution is 2.25. The van der Waals surface area contributed by atoms with Crippen molar-refractivity contribution in [3.8, 4) is 0 Å². The van der Waals surface area contributed by atoms with Crippen molar-refractivity contribution in [1.29, 1.82) is 0 Å². The maximum atomic E-state index is 4.43. The minimum Gasteiger partial charge on any atom is -0.255 e. The third-order valence-corrected chi connectivity index (χ3v) is 2.93. The summed E-state index contributed by atoms with van der Waals surface area (Å²) in [6, 6.07) is 6.28. The molecule has 0 spiro atoms. The largest absolute Gasteiger partial charge is 0.255 e. The monoisotopic (exact) mass is 203 g/mol. The summed E-state index contributed by atoms with van der Waals surface area (Å²) in [5, 5.41) is 1.24. The fourth-order valence-electron chi connectivity index (χ4n) is 1.79. The molecule has 1 heterocycles. The highest BCUT2D eigenvalue weighted by atomic mass is 32.1. The molecule has 1 aromatic carbocycles. The number of hydrogen-bond acceptors (Lipinski definition) is 2. The number of pyridine rings is 1. The molecule has 0 atom stereocenters. The van der Waals surface area contributed by atoms with Crippen molar-refractivity contribution in [1.82, 2.24) is 4.98 Å². The molecule has 0 saturated heterocycles. The number of para-hydroxylation sites is 1. The van der Waals surface area contributed by atoms with E-state index in [0.29, 0.717) is 0 Å². The Balaban J connectivity index is 2.88. The zero-order valence-electron chi connectivity index (χ0n) is 8.41. The van der Waals surface area contributed by atoms with E-state index in [1.807, 2.05) is 6.20 Å². The Morgan fingerprint density at radius 2 is 2.14 bits per heavy atom. The second-order valence-corrected chi connectivity index (χ2v) is 3.93. The van der Waals surface area contributed by atoms with Crippen molar-refractivity contribution in [2.24, 2.45) is 0 Å². The Morgan fingerprint density at radius 3 is 2.86 bits per heavy atom. The molecule has 2 aromatic rings. The Bertz CT molecular complexity index is 477. The van der Waals surface area contributed by atoms with Crippen LogP contribution in [0.5, 0.6) is 0 Å². The molecule has 2 heteroatoms. The van der Waals surface area contributed by atoms with Gasteiger partial charge in [0.1, 0.15) is 0 Å². The van der Waals surface area contributed by atoms with Gasteiger partial charge in [0.15, 0.2) is 0 Å². The van der Waals surface area contributed by atoms with Crippen LogP contribution in [-0.4, -0.2) is 4.98 Å². The average Bonchev–Trinajstić information content (AvgIpc) is 2.18. The van der Waals surface area contributed by atoms with Gasteiger partial charge in [-0.05, 0) is 24.5 Å². The highest BCUT2D eigenvalue weighted by molar-refractivity contribution is 7.80. The van der Waals surface area contributed by atoms with Gasteiger partial charge < -0.3 is 0 Å². The van der Waals surface area contributed by atoms with E-state index < -0.39 is 0 Å². The van der Waals surface area contributed by atoms with Gasteiger partial charge in [-0.1, -0.05) is 25.1 Å². The van der Waals surface area contributed by atoms with Crippen LogP contribution in [0, 0.1) is 6.92 Å². The fraction of sp³-hybridized carbons (Fsp3) is 0.250.